The second kappa shape index (κ2) is 15.9. The number of rotatable bonds is 9. The molecule has 0 saturated heterocycles. The molecule has 0 aliphatic heterocycles. The van der Waals surface area contributed by atoms with Crippen LogP contribution in [-0.2, 0) is 0 Å². The Kier molecular flexibility index (Phi) is 9.59. The summed E-state index contributed by atoms with van der Waals surface area (Å²) in [4.78, 5) is 12.6. The van der Waals surface area contributed by atoms with Gasteiger partial charge in [0.25, 0.3) is 0 Å². The van der Waals surface area contributed by atoms with Crippen LogP contribution in [0.5, 0.6) is 0 Å². The summed E-state index contributed by atoms with van der Waals surface area (Å²) in [7, 11) is 0. The number of hydrogen-bond acceptors (Lipinski definition) is 3. The van der Waals surface area contributed by atoms with E-state index in [2.05, 4.69) is 199 Å². The quantitative estimate of drug-likeness (QED) is 0.147. The van der Waals surface area contributed by atoms with Crippen molar-refractivity contribution >= 4 is 28.1 Å². The molecule has 3 nitrogen and oxygen atoms in total. The molecule has 1 aromatic heterocycles. The van der Waals surface area contributed by atoms with E-state index in [9.17, 15) is 0 Å². The van der Waals surface area contributed by atoms with E-state index in [0.29, 0.717) is 0 Å². The highest BCUT2D eigenvalue weighted by Gasteiger charge is 2.17. The third-order valence-electron chi connectivity index (χ3n) is 10.9. The Morgan fingerprint density at radius 3 is 0.915 bits per heavy atom. The van der Waals surface area contributed by atoms with E-state index in [1.165, 1.54) is 44.5 Å². The summed E-state index contributed by atoms with van der Waals surface area (Å²) < 4.78 is 0. The third kappa shape index (κ3) is 7.41. The van der Waals surface area contributed by atoms with E-state index in [0.717, 1.165) is 50.6 Å². The number of benzene rings is 9. The summed E-state index contributed by atoms with van der Waals surface area (Å²) in [5.74, 6) is 0. The molecule has 0 aliphatic rings. The number of aromatic nitrogens is 2. The van der Waals surface area contributed by atoms with Gasteiger partial charge in [0.2, 0.25) is 0 Å². The van der Waals surface area contributed by atoms with Gasteiger partial charge in [-0.25, -0.2) is 9.97 Å². The molecule has 10 rings (SSSR count). The minimum absolute atomic E-state index is 0.859. The Morgan fingerprint density at radius 2 is 0.492 bits per heavy atom. The molecule has 3 heteroatoms. The highest BCUT2D eigenvalue weighted by atomic mass is 15.1. The SMILES string of the molecule is c1ccc(-c2ccc(-c3ccc(N(c4ccc(-c5cccc(-c6ccccc6)c5)cc4)c4ccc(-c5nc6ccccc6nc5-c5ccccc5)cc4)cc3)cc2)cc1. The molecule has 9 aromatic carbocycles. The predicted molar refractivity (Wildman–Crippen MR) is 247 cm³/mol. The van der Waals surface area contributed by atoms with Gasteiger partial charge in [0.05, 0.1) is 22.4 Å². The molecule has 59 heavy (non-hydrogen) atoms. The molecule has 0 radical (unpaired) electrons. The van der Waals surface area contributed by atoms with E-state index in [-0.39, 0.29) is 0 Å². The Morgan fingerprint density at radius 1 is 0.220 bits per heavy atom. The molecule has 0 bridgehead atoms. The molecular weight excluding hydrogens is 715 g/mol. The van der Waals surface area contributed by atoms with Crippen molar-refractivity contribution in [2.24, 2.45) is 0 Å². The van der Waals surface area contributed by atoms with Crippen LogP contribution < -0.4 is 4.90 Å². The van der Waals surface area contributed by atoms with Gasteiger partial charge in [0, 0.05) is 28.2 Å². The fourth-order valence-electron chi connectivity index (χ4n) is 7.81. The van der Waals surface area contributed by atoms with Crippen LogP contribution in [0.2, 0.25) is 0 Å². The maximum absolute atomic E-state index is 5.16. The molecule has 0 atom stereocenters. The Hall–Kier alpha value is -7.88. The van der Waals surface area contributed by atoms with Crippen LogP contribution in [0, 0.1) is 0 Å². The van der Waals surface area contributed by atoms with Crippen molar-refractivity contribution in [2.45, 2.75) is 0 Å². The molecule has 0 fully saturated rings. The van der Waals surface area contributed by atoms with E-state index >= 15 is 0 Å². The van der Waals surface area contributed by atoms with Crippen LogP contribution in [0.25, 0.3) is 78.1 Å². The summed E-state index contributed by atoms with van der Waals surface area (Å²) in [5, 5.41) is 0. The van der Waals surface area contributed by atoms with Gasteiger partial charge in [0.15, 0.2) is 0 Å². The van der Waals surface area contributed by atoms with Gasteiger partial charge in [-0.1, -0.05) is 182 Å². The van der Waals surface area contributed by atoms with Crippen molar-refractivity contribution < 1.29 is 0 Å². The second-order valence-electron chi connectivity index (χ2n) is 14.6. The first kappa shape index (κ1) is 35.5. The molecule has 1 heterocycles. The standard InChI is InChI=1S/C56H39N3/c1-4-13-40(14-5-1)42-23-25-43(26-24-42)44-27-33-50(34-28-44)59(51-35-29-45(30-36-51)49-20-12-19-48(39-49)41-15-6-2-7-16-41)52-37-31-47(32-38-52)56-55(46-17-8-3-9-18-46)57-53-21-10-11-22-54(53)58-56/h1-39H. The summed E-state index contributed by atoms with van der Waals surface area (Å²) in [6.07, 6.45) is 0. The summed E-state index contributed by atoms with van der Waals surface area (Å²) in [6, 6.07) is 83.5. The van der Waals surface area contributed by atoms with Gasteiger partial charge >= 0.3 is 0 Å². The topological polar surface area (TPSA) is 29.0 Å². The van der Waals surface area contributed by atoms with Crippen LogP contribution in [0.15, 0.2) is 237 Å². The normalized spacial score (nSPS) is 11.1. The lowest BCUT2D eigenvalue weighted by Crippen LogP contribution is -2.10. The van der Waals surface area contributed by atoms with Gasteiger partial charge in [-0.05, 0) is 99.1 Å². The molecule has 10 aromatic rings. The van der Waals surface area contributed by atoms with Crippen LogP contribution in [0.1, 0.15) is 0 Å². The minimum Gasteiger partial charge on any atom is -0.311 e. The molecule has 0 spiro atoms. The monoisotopic (exact) mass is 753 g/mol. The van der Waals surface area contributed by atoms with Gasteiger partial charge in [-0.15, -0.1) is 0 Å². The zero-order valence-electron chi connectivity index (χ0n) is 32.4. The Balaban J connectivity index is 1.02. The molecule has 278 valence electrons. The molecule has 0 saturated carbocycles. The summed E-state index contributed by atoms with van der Waals surface area (Å²) in [5.41, 5.74) is 18.2. The van der Waals surface area contributed by atoms with Crippen LogP contribution in [-0.4, -0.2) is 9.97 Å². The third-order valence-corrected chi connectivity index (χ3v) is 10.9. The average molecular weight is 754 g/mol. The van der Waals surface area contributed by atoms with Gasteiger partial charge in [0.1, 0.15) is 0 Å². The lowest BCUT2D eigenvalue weighted by Gasteiger charge is -2.26. The molecule has 0 aliphatic carbocycles. The Bertz CT molecular complexity index is 2980. The molecule has 0 N–H and O–H groups in total. The van der Waals surface area contributed by atoms with Crippen molar-refractivity contribution in [1.29, 1.82) is 0 Å². The van der Waals surface area contributed by atoms with Gasteiger partial charge < -0.3 is 4.90 Å². The maximum atomic E-state index is 5.16. The van der Waals surface area contributed by atoms with Gasteiger partial charge in [-0.2, -0.15) is 0 Å². The fraction of sp³-hybridized carbons (Fsp3) is 0. The summed E-state index contributed by atoms with van der Waals surface area (Å²) >= 11 is 0. The number of anilines is 3. The second-order valence-corrected chi connectivity index (χ2v) is 14.6. The van der Waals surface area contributed by atoms with E-state index in [1.807, 2.05) is 42.5 Å². The molecule has 0 amide bonds. The van der Waals surface area contributed by atoms with Crippen molar-refractivity contribution in [1.82, 2.24) is 9.97 Å². The first-order chi connectivity index (χ1) is 29.2. The zero-order chi connectivity index (χ0) is 39.4. The maximum Gasteiger partial charge on any atom is 0.0973 e. The van der Waals surface area contributed by atoms with E-state index in [4.69, 9.17) is 9.97 Å². The number of hydrogen-bond donors (Lipinski definition) is 0. The molecular formula is C56H39N3. The van der Waals surface area contributed by atoms with Crippen molar-refractivity contribution in [3.05, 3.63) is 237 Å². The lowest BCUT2D eigenvalue weighted by atomic mass is 9.98. The number of fused-ring (bicyclic) bond motifs is 1. The highest BCUT2D eigenvalue weighted by Crippen LogP contribution is 2.39. The highest BCUT2D eigenvalue weighted by molar-refractivity contribution is 5.88. The first-order valence-electron chi connectivity index (χ1n) is 20.0. The minimum atomic E-state index is 0.859. The first-order valence-corrected chi connectivity index (χ1v) is 20.0. The fourth-order valence-corrected chi connectivity index (χ4v) is 7.81. The zero-order valence-corrected chi connectivity index (χ0v) is 32.4. The smallest absolute Gasteiger partial charge is 0.0973 e. The van der Waals surface area contributed by atoms with Crippen molar-refractivity contribution in [2.75, 3.05) is 4.90 Å². The number of para-hydroxylation sites is 2. The van der Waals surface area contributed by atoms with Gasteiger partial charge in [-0.3, -0.25) is 0 Å². The van der Waals surface area contributed by atoms with Crippen molar-refractivity contribution in [3.63, 3.8) is 0 Å². The Labute approximate surface area is 345 Å². The lowest BCUT2D eigenvalue weighted by molar-refractivity contribution is 1.27. The number of nitrogens with zero attached hydrogens (tertiary/aromatic N) is 3. The predicted octanol–water partition coefficient (Wildman–Crippen LogP) is 15.1. The van der Waals surface area contributed by atoms with E-state index < -0.39 is 0 Å². The average Bonchev–Trinajstić information content (AvgIpc) is 3.33. The largest absolute Gasteiger partial charge is 0.311 e. The van der Waals surface area contributed by atoms with Crippen molar-refractivity contribution in [3.8, 4) is 67.0 Å². The molecule has 0 unspecified atom stereocenters. The van der Waals surface area contributed by atoms with Crippen LogP contribution in [0.3, 0.4) is 0 Å². The van der Waals surface area contributed by atoms with Crippen LogP contribution >= 0.6 is 0 Å². The summed E-state index contributed by atoms with van der Waals surface area (Å²) in [6.45, 7) is 0. The van der Waals surface area contributed by atoms with E-state index in [1.54, 1.807) is 0 Å². The van der Waals surface area contributed by atoms with Crippen LogP contribution in [0.4, 0.5) is 17.1 Å².